The van der Waals surface area contributed by atoms with Crippen molar-refractivity contribution < 1.29 is 9.59 Å². The van der Waals surface area contributed by atoms with Crippen LogP contribution in [0.15, 0.2) is 89.9 Å². The number of hydrogen-bond acceptors (Lipinski definition) is 4. The number of nitrogens with one attached hydrogen (secondary N) is 3. The fourth-order valence-corrected chi connectivity index (χ4v) is 3.12. The highest BCUT2D eigenvalue weighted by Gasteiger charge is 2.26. The first-order valence-corrected chi connectivity index (χ1v) is 9.32. The molecule has 3 aromatic carbocycles. The first-order chi connectivity index (χ1) is 14.2. The minimum atomic E-state index is -1.03. The highest BCUT2D eigenvalue weighted by molar-refractivity contribution is 6.19. The van der Waals surface area contributed by atoms with E-state index in [9.17, 15) is 9.59 Å². The minimum absolute atomic E-state index is 0.0386. The normalized spacial score (nSPS) is 15.4. The zero-order valence-corrected chi connectivity index (χ0v) is 15.6. The standard InChI is InChI=1S/C23H20N4O2/c28-20(15-24-17-11-5-2-6-12-17)26-22-23(29)25-19-14-8-7-13-18(19)21(27-22)16-9-3-1-4-10-16/h1-14,22,24H,15H2,(H,25,29)(H,26,28)/t22-/m0/s1. The first kappa shape index (κ1) is 18.4. The van der Waals surface area contributed by atoms with E-state index in [0.717, 1.165) is 16.8 Å². The Kier molecular flexibility index (Phi) is 5.33. The highest BCUT2D eigenvalue weighted by Crippen LogP contribution is 2.23. The van der Waals surface area contributed by atoms with Gasteiger partial charge in [-0.25, -0.2) is 4.99 Å². The SMILES string of the molecule is O=C(CNc1ccccc1)N[C@H]1N=C(c2ccccc2)c2ccccc2NC1=O. The van der Waals surface area contributed by atoms with Crippen molar-refractivity contribution in [3.8, 4) is 0 Å². The van der Waals surface area contributed by atoms with Crippen LogP contribution in [0.25, 0.3) is 0 Å². The van der Waals surface area contributed by atoms with E-state index >= 15 is 0 Å². The van der Waals surface area contributed by atoms with Gasteiger partial charge >= 0.3 is 0 Å². The Morgan fingerprint density at radius 2 is 1.55 bits per heavy atom. The molecule has 0 saturated heterocycles. The van der Waals surface area contributed by atoms with Crippen LogP contribution >= 0.6 is 0 Å². The lowest BCUT2D eigenvalue weighted by atomic mass is 10.0. The monoisotopic (exact) mass is 384 g/mol. The van der Waals surface area contributed by atoms with E-state index in [0.29, 0.717) is 11.4 Å². The summed E-state index contributed by atoms with van der Waals surface area (Å²) >= 11 is 0. The van der Waals surface area contributed by atoms with Crippen LogP contribution in [0.1, 0.15) is 11.1 Å². The highest BCUT2D eigenvalue weighted by atomic mass is 16.2. The maximum absolute atomic E-state index is 12.7. The van der Waals surface area contributed by atoms with Gasteiger partial charge in [0.25, 0.3) is 5.91 Å². The van der Waals surface area contributed by atoms with E-state index < -0.39 is 6.17 Å². The summed E-state index contributed by atoms with van der Waals surface area (Å²) in [6.07, 6.45) is -1.03. The van der Waals surface area contributed by atoms with Crippen LogP contribution in [-0.4, -0.2) is 30.2 Å². The second kappa shape index (κ2) is 8.39. The van der Waals surface area contributed by atoms with Crippen LogP contribution in [-0.2, 0) is 9.59 Å². The number of fused-ring (bicyclic) bond motifs is 1. The Morgan fingerprint density at radius 1 is 0.897 bits per heavy atom. The third kappa shape index (κ3) is 4.32. The molecule has 6 nitrogen and oxygen atoms in total. The van der Waals surface area contributed by atoms with Gasteiger partial charge in [0, 0.05) is 16.8 Å². The van der Waals surface area contributed by atoms with Crippen LogP contribution in [0.5, 0.6) is 0 Å². The second-order valence-corrected chi connectivity index (χ2v) is 6.57. The van der Waals surface area contributed by atoms with Gasteiger partial charge in [-0.15, -0.1) is 0 Å². The van der Waals surface area contributed by atoms with Gasteiger partial charge in [0.2, 0.25) is 12.1 Å². The van der Waals surface area contributed by atoms with Gasteiger partial charge in [-0.1, -0.05) is 66.7 Å². The van der Waals surface area contributed by atoms with Crippen LogP contribution in [0.4, 0.5) is 11.4 Å². The minimum Gasteiger partial charge on any atom is -0.376 e. The molecule has 1 atom stereocenters. The second-order valence-electron chi connectivity index (χ2n) is 6.57. The number of nitrogens with zero attached hydrogens (tertiary/aromatic N) is 1. The van der Waals surface area contributed by atoms with Crippen molar-refractivity contribution in [2.45, 2.75) is 6.17 Å². The summed E-state index contributed by atoms with van der Waals surface area (Å²) in [4.78, 5) is 29.8. The fraction of sp³-hybridized carbons (Fsp3) is 0.0870. The molecule has 29 heavy (non-hydrogen) atoms. The Hall–Kier alpha value is -3.93. The number of benzene rings is 3. The van der Waals surface area contributed by atoms with E-state index in [1.807, 2.05) is 84.9 Å². The molecule has 2 amide bonds. The fourth-order valence-electron chi connectivity index (χ4n) is 3.12. The molecule has 6 heteroatoms. The molecular weight excluding hydrogens is 364 g/mol. The number of aliphatic imine (C=N–C) groups is 1. The van der Waals surface area contributed by atoms with Crippen molar-refractivity contribution in [3.05, 3.63) is 96.1 Å². The van der Waals surface area contributed by atoms with Gasteiger partial charge in [-0.2, -0.15) is 0 Å². The zero-order valence-electron chi connectivity index (χ0n) is 15.6. The predicted molar refractivity (Wildman–Crippen MR) is 114 cm³/mol. The molecule has 0 bridgehead atoms. The van der Waals surface area contributed by atoms with Gasteiger partial charge in [-0.3, -0.25) is 9.59 Å². The number of carbonyl (C=O) groups excluding carboxylic acids is 2. The van der Waals surface area contributed by atoms with Crippen molar-refractivity contribution in [1.82, 2.24) is 5.32 Å². The molecule has 3 aromatic rings. The molecule has 1 aliphatic rings. The van der Waals surface area contributed by atoms with Crippen LogP contribution < -0.4 is 16.0 Å². The molecule has 0 saturated carbocycles. The molecule has 0 aromatic heterocycles. The van der Waals surface area contributed by atoms with Crippen molar-refractivity contribution in [2.75, 3.05) is 17.2 Å². The average molecular weight is 384 g/mol. The largest absolute Gasteiger partial charge is 0.376 e. The molecule has 0 radical (unpaired) electrons. The number of anilines is 2. The predicted octanol–water partition coefficient (Wildman–Crippen LogP) is 3.03. The number of benzodiazepines with no additional fused rings is 1. The average Bonchev–Trinajstić information content (AvgIpc) is 2.90. The van der Waals surface area contributed by atoms with Crippen molar-refractivity contribution in [2.24, 2.45) is 4.99 Å². The van der Waals surface area contributed by atoms with Gasteiger partial charge < -0.3 is 16.0 Å². The van der Waals surface area contributed by atoms with Crippen molar-refractivity contribution >= 4 is 28.9 Å². The van der Waals surface area contributed by atoms with Gasteiger partial charge in [0.05, 0.1) is 17.9 Å². The molecule has 1 aliphatic heterocycles. The third-order valence-corrected chi connectivity index (χ3v) is 4.52. The van der Waals surface area contributed by atoms with E-state index in [1.54, 1.807) is 0 Å². The molecule has 0 fully saturated rings. The molecule has 3 N–H and O–H groups in total. The van der Waals surface area contributed by atoms with Gasteiger partial charge in [-0.05, 0) is 18.2 Å². The lowest BCUT2D eigenvalue weighted by molar-refractivity contribution is -0.125. The number of rotatable bonds is 5. The van der Waals surface area contributed by atoms with Gasteiger partial charge in [0.1, 0.15) is 0 Å². The molecule has 0 aliphatic carbocycles. The topological polar surface area (TPSA) is 82.6 Å². The van der Waals surface area contributed by atoms with E-state index in [4.69, 9.17) is 0 Å². The summed E-state index contributed by atoms with van der Waals surface area (Å²) in [5.74, 6) is -0.701. The molecule has 0 unspecified atom stereocenters. The first-order valence-electron chi connectivity index (χ1n) is 9.32. The summed E-state index contributed by atoms with van der Waals surface area (Å²) in [6.45, 7) is 0.0386. The lowest BCUT2D eigenvalue weighted by Gasteiger charge is -2.14. The van der Waals surface area contributed by atoms with E-state index in [2.05, 4.69) is 20.9 Å². The molecule has 4 rings (SSSR count). The molecule has 144 valence electrons. The summed E-state index contributed by atoms with van der Waals surface area (Å²) in [5.41, 5.74) is 3.83. The summed E-state index contributed by atoms with van der Waals surface area (Å²) < 4.78 is 0. The van der Waals surface area contributed by atoms with Crippen LogP contribution in [0.2, 0.25) is 0 Å². The maximum Gasteiger partial charge on any atom is 0.269 e. The summed E-state index contributed by atoms with van der Waals surface area (Å²) in [7, 11) is 0. The molecule has 0 spiro atoms. The summed E-state index contributed by atoms with van der Waals surface area (Å²) in [6, 6.07) is 26.5. The Labute approximate surface area is 168 Å². The van der Waals surface area contributed by atoms with E-state index in [1.165, 1.54) is 0 Å². The third-order valence-electron chi connectivity index (χ3n) is 4.52. The maximum atomic E-state index is 12.7. The quantitative estimate of drug-likeness (QED) is 0.632. The molecular formula is C23H20N4O2. The Morgan fingerprint density at radius 3 is 2.31 bits per heavy atom. The molecule has 1 heterocycles. The Balaban J connectivity index is 1.58. The number of carbonyl (C=O) groups is 2. The van der Waals surface area contributed by atoms with Crippen molar-refractivity contribution in [3.63, 3.8) is 0 Å². The number of amides is 2. The van der Waals surface area contributed by atoms with E-state index in [-0.39, 0.29) is 18.4 Å². The Bertz CT molecular complexity index is 1050. The zero-order chi connectivity index (χ0) is 20.1. The smallest absolute Gasteiger partial charge is 0.269 e. The number of hydrogen-bond donors (Lipinski definition) is 3. The lowest BCUT2D eigenvalue weighted by Crippen LogP contribution is -2.44. The van der Waals surface area contributed by atoms with Gasteiger partial charge in [0.15, 0.2) is 0 Å². The van der Waals surface area contributed by atoms with Crippen molar-refractivity contribution in [1.29, 1.82) is 0 Å². The number of para-hydroxylation sites is 2. The summed E-state index contributed by atoms with van der Waals surface area (Å²) in [5, 5.41) is 8.61. The van der Waals surface area contributed by atoms with Crippen LogP contribution in [0.3, 0.4) is 0 Å². The van der Waals surface area contributed by atoms with Crippen LogP contribution in [0, 0.1) is 0 Å².